The maximum absolute atomic E-state index is 5.16. The zero-order valence-electron chi connectivity index (χ0n) is 28.7. The topological polar surface area (TPSA) is 70.2 Å². The number of aromatic nitrogens is 8. The van der Waals surface area contributed by atoms with Crippen LogP contribution in [-0.4, -0.2) is 37.9 Å². The monoisotopic (exact) mass is 692 g/mol. The Bertz CT molecular complexity index is 3440. The molecule has 0 saturated carbocycles. The third kappa shape index (κ3) is 4.13. The number of hydrogen-bond donors (Lipinski definition) is 0. The molecular formula is C46H28N8. The van der Waals surface area contributed by atoms with Crippen molar-refractivity contribution >= 4 is 66.7 Å². The SMILES string of the molecule is c1ccc(-c2ccc(-n3c4ccc(-c5ccc6c(c5)n5c7ccccc7nc5n6-c5cnc6ccccc6n5)cc4n4c5ccccc5nc34)cc2)cc1. The molecule has 0 aliphatic heterocycles. The largest absolute Gasteiger partial charge is 0.278 e. The van der Waals surface area contributed by atoms with Crippen LogP contribution in [0, 0.1) is 0 Å². The van der Waals surface area contributed by atoms with Gasteiger partial charge in [-0.3, -0.25) is 22.9 Å². The summed E-state index contributed by atoms with van der Waals surface area (Å²) in [6.07, 6.45) is 1.84. The van der Waals surface area contributed by atoms with Crippen molar-refractivity contribution in [2.24, 2.45) is 0 Å². The number of fused-ring (bicyclic) bond motifs is 11. The molecule has 0 amide bonds. The van der Waals surface area contributed by atoms with Gasteiger partial charge in [-0.05, 0) is 95.1 Å². The molecule has 8 nitrogen and oxygen atoms in total. The number of nitrogens with zero attached hydrogens (tertiary/aromatic N) is 8. The molecule has 0 saturated heterocycles. The molecule has 0 bridgehead atoms. The van der Waals surface area contributed by atoms with Crippen molar-refractivity contribution in [1.29, 1.82) is 0 Å². The van der Waals surface area contributed by atoms with Gasteiger partial charge in [-0.25, -0.2) is 15.0 Å². The normalized spacial score (nSPS) is 12.1. The van der Waals surface area contributed by atoms with Crippen LogP contribution in [0.25, 0.3) is 100 Å². The highest BCUT2D eigenvalue weighted by molar-refractivity contribution is 5.97. The number of para-hydroxylation sites is 6. The molecule has 12 rings (SSSR count). The Hall–Kier alpha value is -7.58. The molecule has 0 aliphatic rings. The van der Waals surface area contributed by atoms with Crippen LogP contribution in [0.2, 0.25) is 0 Å². The first-order valence-corrected chi connectivity index (χ1v) is 18.0. The van der Waals surface area contributed by atoms with Gasteiger partial charge in [0.05, 0.1) is 61.4 Å². The van der Waals surface area contributed by atoms with Crippen LogP contribution in [0.1, 0.15) is 0 Å². The van der Waals surface area contributed by atoms with E-state index >= 15 is 0 Å². The first kappa shape index (κ1) is 29.0. The molecule has 7 aromatic carbocycles. The Labute approximate surface area is 307 Å². The van der Waals surface area contributed by atoms with Crippen molar-refractivity contribution in [1.82, 2.24) is 37.9 Å². The Balaban J connectivity index is 1.07. The quantitative estimate of drug-likeness (QED) is 0.184. The second-order valence-corrected chi connectivity index (χ2v) is 13.7. The fourth-order valence-electron chi connectivity index (χ4n) is 8.13. The summed E-state index contributed by atoms with van der Waals surface area (Å²) in [7, 11) is 0. The minimum Gasteiger partial charge on any atom is -0.278 e. The van der Waals surface area contributed by atoms with Crippen molar-refractivity contribution in [3.8, 4) is 33.8 Å². The molecule has 0 unspecified atom stereocenters. The fourth-order valence-corrected chi connectivity index (χ4v) is 8.13. The Morgan fingerprint density at radius 2 is 0.833 bits per heavy atom. The lowest BCUT2D eigenvalue weighted by atomic mass is 10.0. The summed E-state index contributed by atoms with van der Waals surface area (Å²) in [5.41, 5.74) is 15.6. The van der Waals surface area contributed by atoms with Crippen LogP contribution in [0.4, 0.5) is 0 Å². The highest BCUT2D eigenvalue weighted by atomic mass is 15.2. The minimum absolute atomic E-state index is 0.727. The van der Waals surface area contributed by atoms with E-state index in [1.807, 2.05) is 48.7 Å². The fraction of sp³-hybridized carbons (Fsp3) is 0. The van der Waals surface area contributed by atoms with Crippen molar-refractivity contribution in [3.05, 3.63) is 170 Å². The van der Waals surface area contributed by atoms with E-state index in [0.29, 0.717) is 0 Å². The van der Waals surface area contributed by atoms with E-state index in [2.05, 4.69) is 139 Å². The Morgan fingerprint density at radius 3 is 1.48 bits per heavy atom. The van der Waals surface area contributed by atoms with Crippen LogP contribution in [0.5, 0.6) is 0 Å². The van der Waals surface area contributed by atoms with Gasteiger partial charge in [-0.2, -0.15) is 0 Å². The zero-order chi connectivity index (χ0) is 35.3. The van der Waals surface area contributed by atoms with Gasteiger partial charge in [-0.1, -0.05) is 91.0 Å². The molecular weight excluding hydrogens is 665 g/mol. The van der Waals surface area contributed by atoms with Crippen LogP contribution < -0.4 is 0 Å². The van der Waals surface area contributed by atoms with E-state index in [0.717, 1.165) is 89.4 Å². The highest BCUT2D eigenvalue weighted by Gasteiger charge is 2.21. The molecule has 0 aliphatic carbocycles. The summed E-state index contributed by atoms with van der Waals surface area (Å²) in [6.45, 7) is 0. The van der Waals surface area contributed by atoms with E-state index in [1.54, 1.807) is 0 Å². The zero-order valence-corrected chi connectivity index (χ0v) is 28.7. The highest BCUT2D eigenvalue weighted by Crippen LogP contribution is 2.36. The summed E-state index contributed by atoms with van der Waals surface area (Å²) < 4.78 is 8.91. The van der Waals surface area contributed by atoms with Gasteiger partial charge >= 0.3 is 0 Å². The van der Waals surface area contributed by atoms with Crippen molar-refractivity contribution < 1.29 is 0 Å². The molecule has 0 N–H and O–H groups in total. The molecule has 0 spiro atoms. The number of rotatable bonds is 4. The molecule has 0 fully saturated rings. The third-order valence-electron chi connectivity index (χ3n) is 10.6. The molecule has 252 valence electrons. The molecule has 5 aromatic heterocycles. The summed E-state index contributed by atoms with van der Waals surface area (Å²) >= 11 is 0. The first-order valence-electron chi connectivity index (χ1n) is 18.0. The molecule has 12 aromatic rings. The maximum atomic E-state index is 5.16. The molecule has 0 radical (unpaired) electrons. The van der Waals surface area contributed by atoms with Gasteiger partial charge in [0.25, 0.3) is 0 Å². The number of hydrogen-bond acceptors (Lipinski definition) is 4. The second-order valence-electron chi connectivity index (χ2n) is 13.7. The average Bonchev–Trinajstić information content (AvgIpc) is 3.97. The minimum atomic E-state index is 0.727. The Morgan fingerprint density at radius 1 is 0.333 bits per heavy atom. The van der Waals surface area contributed by atoms with Gasteiger partial charge < -0.3 is 0 Å². The molecule has 8 heteroatoms. The van der Waals surface area contributed by atoms with E-state index in [4.69, 9.17) is 19.9 Å². The van der Waals surface area contributed by atoms with Gasteiger partial charge in [0.15, 0.2) is 5.82 Å². The second kappa shape index (κ2) is 11.0. The number of benzene rings is 7. The standard InChI is InChI=1S/C46H28N8/c1-2-10-29(11-3-1)30-18-22-33(23-19-30)51-40-24-20-31(26-42(40)52-38-16-8-6-14-36(38)49-45(51)52)32-21-25-41-43(27-32)53-39-17-9-7-15-37(39)50-46(53)54(41)44-28-47-34-12-4-5-13-35(34)48-44/h1-28H. The van der Waals surface area contributed by atoms with Crippen LogP contribution in [0.15, 0.2) is 170 Å². The summed E-state index contributed by atoms with van der Waals surface area (Å²) in [5.74, 6) is 2.41. The van der Waals surface area contributed by atoms with Crippen molar-refractivity contribution in [2.75, 3.05) is 0 Å². The molecule has 0 atom stereocenters. The first-order chi connectivity index (χ1) is 26.8. The van der Waals surface area contributed by atoms with E-state index in [9.17, 15) is 0 Å². The van der Waals surface area contributed by atoms with Crippen molar-refractivity contribution in [2.45, 2.75) is 0 Å². The summed E-state index contributed by atoms with van der Waals surface area (Å²) in [6, 6.07) is 57.2. The van der Waals surface area contributed by atoms with E-state index in [1.165, 1.54) is 11.1 Å². The van der Waals surface area contributed by atoms with E-state index in [-0.39, 0.29) is 0 Å². The smallest absolute Gasteiger partial charge is 0.221 e. The van der Waals surface area contributed by atoms with Crippen LogP contribution >= 0.6 is 0 Å². The van der Waals surface area contributed by atoms with Gasteiger partial charge in [0.2, 0.25) is 11.6 Å². The van der Waals surface area contributed by atoms with Gasteiger partial charge in [-0.15, -0.1) is 0 Å². The Kier molecular flexibility index (Phi) is 5.90. The average molecular weight is 693 g/mol. The predicted molar refractivity (Wildman–Crippen MR) is 217 cm³/mol. The van der Waals surface area contributed by atoms with Crippen LogP contribution in [-0.2, 0) is 0 Å². The predicted octanol–water partition coefficient (Wildman–Crippen LogP) is 10.5. The van der Waals surface area contributed by atoms with E-state index < -0.39 is 0 Å². The molecule has 5 heterocycles. The maximum Gasteiger partial charge on any atom is 0.221 e. The third-order valence-corrected chi connectivity index (χ3v) is 10.6. The van der Waals surface area contributed by atoms with Gasteiger partial charge in [0, 0.05) is 5.69 Å². The summed E-state index contributed by atoms with van der Waals surface area (Å²) in [4.78, 5) is 20.1. The lowest BCUT2D eigenvalue weighted by Crippen LogP contribution is -2.00. The van der Waals surface area contributed by atoms with Crippen LogP contribution in [0.3, 0.4) is 0 Å². The summed E-state index contributed by atoms with van der Waals surface area (Å²) in [5, 5.41) is 0. The van der Waals surface area contributed by atoms with Crippen molar-refractivity contribution in [3.63, 3.8) is 0 Å². The molecule has 54 heavy (non-hydrogen) atoms. The lowest BCUT2D eigenvalue weighted by Gasteiger charge is -2.09. The van der Waals surface area contributed by atoms with Gasteiger partial charge in [0.1, 0.15) is 0 Å². The lowest BCUT2D eigenvalue weighted by molar-refractivity contribution is 1.04. The number of imidazole rings is 4.